The first-order valence-corrected chi connectivity index (χ1v) is 10.4. The van der Waals surface area contributed by atoms with Crippen molar-refractivity contribution in [3.8, 4) is 0 Å². The van der Waals surface area contributed by atoms with Gasteiger partial charge in [-0.25, -0.2) is 4.98 Å². The van der Waals surface area contributed by atoms with Crippen LogP contribution < -0.4 is 10.2 Å². The summed E-state index contributed by atoms with van der Waals surface area (Å²) >= 11 is 1.53. The molecular weight excluding hydrogens is 372 g/mol. The Morgan fingerprint density at radius 2 is 2.14 bits per heavy atom. The number of rotatable bonds is 6. The van der Waals surface area contributed by atoms with Crippen molar-refractivity contribution in [2.75, 3.05) is 22.5 Å². The van der Waals surface area contributed by atoms with E-state index in [0.717, 1.165) is 35.5 Å². The van der Waals surface area contributed by atoms with E-state index in [9.17, 15) is 9.59 Å². The largest absolute Gasteiger partial charge is 0.341 e. The number of para-hydroxylation sites is 2. The number of aromatic amines is 1. The van der Waals surface area contributed by atoms with E-state index in [0.29, 0.717) is 17.9 Å². The van der Waals surface area contributed by atoms with E-state index in [1.807, 2.05) is 55.5 Å². The number of H-pyrrole nitrogens is 1. The molecular formula is C21H22N4O2S. The Kier molecular flexibility index (Phi) is 5.34. The van der Waals surface area contributed by atoms with Crippen LogP contribution in [0.25, 0.3) is 11.0 Å². The van der Waals surface area contributed by atoms with Crippen LogP contribution in [0.3, 0.4) is 0 Å². The quantitative estimate of drug-likeness (QED) is 0.659. The van der Waals surface area contributed by atoms with E-state index in [4.69, 9.17) is 0 Å². The molecule has 1 fully saturated rings. The van der Waals surface area contributed by atoms with Crippen LogP contribution in [-0.4, -0.2) is 34.1 Å². The number of aromatic nitrogens is 2. The van der Waals surface area contributed by atoms with Crippen LogP contribution >= 0.6 is 11.8 Å². The van der Waals surface area contributed by atoms with Crippen molar-refractivity contribution in [1.82, 2.24) is 9.97 Å². The SMILES string of the molecule is C[C@H](SCC(=O)Nc1cccc(N2CCCC2=O)c1)c1nc2ccccc2[nH]1. The van der Waals surface area contributed by atoms with Crippen molar-refractivity contribution in [3.63, 3.8) is 0 Å². The van der Waals surface area contributed by atoms with Gasteiger partial charge in [0.1, 0.15) is 5.82 Å². The first-order valence-electron chi connectivity index (χ1n) is 9.37. The molecule has 0 saturated carbocycles. The molecule has 1 saturated heterocycles. The molecule has 28 heavy (non-hydrogen) atoms. The summed E-state index contributed by atoms with van der Waals surface area (Å²) in [6.45, 7) is 2.77. The molecule has 6 nitrogen and oxygen atoms in total. The van der Waals surface area contributed by atoms with E-state index in [1.54, 1.807) is 4.90 Å². The van der Waals surface area contributed by atoms with Crippen LogP contribution in [-0.2, 0) is 9.59 Å². The fourth-order valence-electron chi connectivity index (χ4n) is 3.31. The van der Waals surface area contributed by atoms with Crippen LogP contribution in [0.1, 0.15) is 30.8 Å². The van der Waals surface area contributed by atoms with Crippen molar-refractivity contribution in [3.05, 3.63) is 54.4 Å². The number of imidazole rings is 1. The summed E-state index contributed by atoms with van der Waals surface area (Å²) < 4.78 is 0. The lowest BCUT2D eigenvalue weighted by molar-refractivity contribution is -0.117. The summed E-state index contributed by atoms with van der Waals surface area (Å²) in [6, 6.07) is 15.4. The molecule has 2 heterocycles. The molecule has 0 bridgehead atoms. The van der Waals surface area contributed by atoms with Gasteiger partial charge in [-0.05, 0) is 43.7 Å². The normalized spacial score (nSPS) is 15.2. The smallest absolute Gasteiger partial charge is 0.234 e. The Bertz CT molecular complexity index is 983. The second-order valence-electron chi connectivity index (χ2n) is 6.84. The van der Waals surface area contributed by atoms with Crippen LogP contribution in [0.2, 0.25) is 0 Å². The summed E-state index contributed by atoms with van der Waals surface area (Å²) in [5.74, 6) is 1.26. The van der Waals surface area contributed by atoms with Crippen LogP contribution in [0.5, 0.6) is 0 Å². The van der Waals surface area contributed by atoms with Gasteiger partial charge in [-0.3, -0.25) is 9.59 Å². The third-order valence-corrected chi connectivity index (χ3v) is 5.92. The maximum absolute atomic E-state index is 12.4. The first kappa shape index (κ1) is 18.6. The van der Waals surface area contributed by atoms with E-state index in [1.165, 1.54) is 11.8 Å². The Morgan fingerprint density at radius 3 is 2.93 bits per heavy atom. The number of amides is 2. The number of carbonyl (C=O) groups is 2. The highest BCUT2D eigenvalue weighted by Crippen LogP contribution is 2.28. The lowest BCUT2D eigenvalue weighted by Gasteiger charge is -2.17. The van der Waals surface area contributed by atoms with E-state index >= 15 is 0 Å². The lowest BCUT2D eigenvalue weighted by Crippen LogP contribution is -2.23. The van der Waals surface area contributed by atoms with E-state index in [2.05, 4.69) is 15.3 Å². The van der Waals surface area contributed by atoms with Gasteiger partial charge >= 0.3 is 0 Å². The maximum atomic E-state index is 12.4. The molecule has 2 N–H and O–H groups in total. The minimum atomic E-state index is -0.0714. The zero-order valence-electron chi connectivity index (χ0n) is 15.6. The molecule has 1 aliphatic rings. The molecule has 0 radical (unpaired) electrons. The van der Waals surface area contributed by atoms with Crippen molar-refractivity contribution in [2.45, 2.75) is 25.0 Å². The molecule has 0 unspecified atom stereocenters. The minimum absolute atomic E-state index is 0.0714. The molecule has 1 atom stereocenters. The first-order chi connectivity index (χ1) is 13.6. The third-order valence-electron chi connectivity index (χ3n) is 4.77. The van der Waals surface area contributed by atoms with Crippen molar-refractivity contribution >= 4 is 46.0 Å². The predicted molar refractivity (Wildman–Crippen MR) is 114 cm³/mol. The van der Waals surface area contributed by atoms with Gasteiger partial charge in [0.2, 0.25) is 11.8 Å². The zero-order valence-corrected chi connectivity index (χ0v) is 16.5. The number of nitrogens with zero attached hydrogens (tertiary/aromatic N) is 2. The third kappa shape index (κ3) is 4.04. The summed E-state index contributed by atoms with van der Waals surface area (Å²) in [5, 5.41) is 3.00. The Hall–Kier alpha value is -2.80. The summed E-state index contributed by atoms with van der Waals surface area (Å²) in [4.78, 5) is 34.0. The number of benzene rings is 2. The Balaban J connectivity index is 1.34. The second-order valence-corrected chi connectivity index (χ2v) is 8.17. The minimum Gasteiger partial charge on any atom is -0.341 e. The molecule has 4 rings (SSSR count). The Morgan fingerprint density at radius 1 is 1.29 bits per heavy atom. The number of hydrogen-bond acceptors (Lipinski definition) is 4. The summed E-state index contributed by atoms with van der Waals surface area (Å²) in [5.41, 5.74) is 3.48. The van der Waals surface area contributed by atoms with Gasteiger partial charge in [-0.15, -0.1) is 11.8 Å². The molecule has 0 aliphatic carbocycles. The lowest BCUT2D eigenvalue weighted by atomic mass is 10.2. The zero-order chi connectivity index (χ0) is 19.5. The monoisotopic (exact) mass is 394 g/mol. The van der Waals surface area contributed by atoms with Gasteiger partial charge in [-0.2, -0.15) is 0 Å². The molecule has 3 aromatic rings. The van der Waals surface area contributed by atoms with Crippen LogP contribution in [0, 0.1) is 0 Å². The highest BCUT2D eigenvalue weighted by molar-refractivity contribution is 8.00. The van der Waals surface area contributed by atoms with Gasteiger partial charge in [-0.1, -0.05) is 18.2 Å². The predicted octanol–water partition coefficient (Wildman–Crippen LogP) is 4.12. The van der Waals surface area contributed by atoms with Gasteiger partial charge < -0.3 is 15.2 Å². The second kappa shape index (κ2) is 8.06. The number of carbonyl (C=O) groups excluding carboxylic acids is 2. The highest BCUT2D eigenvalue weighted by atomic mass is 32.2. The van der Waals surface area contributed by atoms with E-state index in [-0.39, 0.29) is 17.1 Å². The van der Waals surface area contributed by atoms with E-state index < -0.39 is 0 Å². The van der Waals surface area contributed by atoms with Crippen LogP contribution in [0.4, 0.5) is 11.4 Å². The topological polar surface area (TPSA) is 78.1 Å². The Labute approximate surface area is 167 Å². The van der Waals surface area contributed by atoms with Gasteiger partial charge in [0.25, 0.3) is 0 Å². The number of hydrogen-bond donors (Lipinski definition) is 2. The highest BCUT2D eigenvalue weighted by Gasteiger charge is 2.22. The van der Waals surface area contributed by atoms with Gasteiger partial charge in [0, 0.05) is 24.3 Å². The van der Waals surface area contributed by atoms with Crippen molar-refractivity contribution < 1.29 is 9.59 Å². The van der Waals surface area contributed by atoms with Gasteiger partial charge in [0.05, 0.1) is 22.0 Å². The molecule has 0 spiro atoms. The summed E-state index contributed by atoms with van der Waals surface area (Å²) in [6.07, 6.45) is 1.47. The number of fused-ring (bicyclic) bond motifs is 1. The maximum Gasteiger partial charge on any atom is 0.234 e. The molecule has 7 heteroatoms. The van der Waals surface area contributed by atoms with Crippen molar-refractivity contribution in [1.29, 1.82) is 0 Å². The van der Waals surface area contributed by atoms with Crippen LogP contribution in [0.15, 0.2) is 48.5 Å². The fourth-order valence-corrected chi connectivity index (χ4v) is 4.06. The fraction of sp³-hybridized carbons (Fsp3) is 0.286. The number of nitrogens with one attached hydrogen (secondary N) is 2. The summed E-state index contributed by atoms with van der Waals surface area (Å²) in [7, 11) is 0. The standard InChI is InChI=1S/C21H22N4O2S/c1-14(21-23-17-8-2-3-9-18(17)24-21)28-13-19(26)22-15-6-4-7-16(12-15)25-11-5-10-20(25)27/h2-4,6-9,12,14H,5,10-11,13H2,1H3,(H,22,26)(H,23,24)/t14-/m0/s1. The molecule has 144 valence electrons. The van der Waals surface area contributed by atoms with Crippen molar-refractivity contribution in [2.24, 2.45) is 0 Å². The molecule has 2 amide bonds. The molecule has 1 aliphatic heterocycles. The molecule has 2 aromatic carbocycles. The average Bonchev–Trinajstić information content (AvgIpc) is 3.32. The number of thioether (sulfide) groups is 1. The number of anilines is 2. The average molecular weight is 395 g/mol. The van der Waals surface area contributed by atoms with Gasteiger partial charge in [0.15, 0.2) is 0 Å². The molecule has 1 aromatic heterocycles.